The molecule has 0 aliphatic carbocycles. The third kappa shape index (κ3) is 9.39. The summed E-state index contributed by atoms with van der Waals surface area (Å²) in [5.74, 6) is 0. The van der Waals surface area contributed by atoms with Crippen molar-refractivity contribution in [1.82, 2.24) is 9.80 Å². The van der Waals surface area contributed by atoms with Crippen LogP contribution in [0.4, 0.5) is 13.2 Å². The molecule has 0 N–H and O–H groups in total. The van der Waals surface area contributed by atoms with Crippen LogP contribution in [0, 0.1) is 0 Å². The summed E-state index contributed by atoms with van der Waals surface area (Å²) in [6.45, 7) is 0.654. The van der Waals surface area contributed by atoms with E-state index in [0.29, 0.717) is 0 Å². The van der Waals surface area contributed by atoms with Crippen molar-refractivity contribution in [2.45, 2.75) is 13.6 Å². The number of alkyl halides is 3. The summed E-state index contributed by atoms with van der Waals surface area (Å²) < 4.78 is 29.0. The van der Waals surface area contributed by atoms with Crippen molar-refractivity contribution in [3.05, 3.63) is 12.4 Å². The second kappa shape index (κ2) is 8.10. The van der Waals surface area contributed by atoms with E-state index in [1.807, 2.05) is 0 Å². The second-order valence-corrected chi connectivity index (χ2v) is 2.35. The van der Waals surface area contributed by atoms with Crippen molar-refractivity contribution < 1.29 is 13.2 Å². The topological polar surface area (TPSA) is 6.48 Å². The Morgan fingerprint density at radius 1 is 1.31 bits per heavy atom. The van der Waals surface area contributed by atoms with Gasteiger partial charge in [0, 0.05) is 26.0 Å². The highest BCUT2D eigenvalue weighted by Crippen LogP contribution is 2.00. The summed E-state index contributed by atoms with van der Waals surface area (Å²) in [5, 5.41) is 0. The Labute approximate surface area is 83.4 Å². The van der Waals surface area contributed by atoms with Gasteiger partial charge in [0.1, 0.15) is 0 Å². The molecule has 0 aromatic heterocycles. The summed E-state index contributed by atoms with van der Waals surface area (Å²) in [6, 6.07) is 0. The number of rotatable bonds is 1. The van der Waals surface area contributed by atoms with Gasteiger partial charge in [-0.15, -0.1) is 0 Å². The third-order valence-electron chi connectivity index (χ3n) is 1.34. The molecule has 13 heavy (non-hydrogen) atoms. The van der Waals surface area contributed by atoms with Crippen molar-refractivity contribution in [1.29, 1.82) is 0 Å². The van der Waals surface area contributed by atoms with E-state index < -0.39 is 6.68 Å². The molecule has 0 spiro atoms. The maximum Gasteiger partial charge on any atom is 0.379 e. The molecular weight excluding hydrogens is 201 g/mol. The highest BCUT2D eigenvalue weighted by atomic mass is 32.1. The molecule has 80 valence electrons. The zero-order valence-corrected chi connectivity index (χ0v) is 8.67. The first kappa shape index (κ1) is 15.0. The van der Waals surface area contributed by atoms with Crippen molar-refractivity contribution in [2.75, 3.05) is 20.3 Å². The Kier molecular flexibility index (Phi) is 9.33. The molecule has 0 atom stereocenters. The molecule has 1 aliphatic rings. The largest absolute Gasteiger partial charge is 0.379 e. The van der Waals surface area contributed by atoms with Gasteiger partial charge in [-0.3, -0.25) is 0 Å². The van der Waals surface area contributed by atoms with E-state index in [1.165, 1.54) is 0 Å². The van der Waals surface area contributed by atoms with Crippen LogP contribution in [0.25, 0.3) is 0 Å². The zero-order valence-electron chi connectivity index (χ0n) is 7.67. The van der Waals surface area contributed by atoms with E-state index >= 15 is 0 Å². The van der Waals surface area contributed by atoms with Crippen LogP contribution >= 0.6 is 13.5 Å². The van der Waals surface area contributed by atoms with Crippen LogP contribution in [0.2, 0.25) is 0 Å². The van der Waals surface area contributed by atoms with Crippen LogP contribution in [0.1, 0.15) is 6.92 Å². The first-order valence-corrected chi connectivity index (χ1v) is 3.61. The average molecular weight is 216 g/mol. The fourth-order valence-corrected chi connectivity index (χ4v) is 0.794. The van der Waals surface area contributed by atoms with Crippen LogP contribution in [0.15, 0.2) is 12.4 Å². The number of halogens is 3. The van der Waals surface area contributed by atoms with Gasteiger partial charge in [0.25, 0.3) is 0 Å². The Morgan fingerprint density at radius 3 is 1.92 bits per heavy atom. The molecular formula is C7H15F3N2S. The molecule has 0 aromatic carbocycles. The SMILES string of the molecule is CCN1C=CN(C)C1.FC(F)F.S. The highest BCUT2D eigenvalue weighted by molar-refractivity contribution is 7.59. The molecule has 0 unspecified atom stereocenters. The first-order chi connectivity index (χ1) is 5.56. The van der Waals surface area contributed by atoms with Gasteiger partial charge in [-0.2, -0.15) is 26.7 Å². The predicted molar refractivity (Wildman–Crippen MR) is 51.6 cm³/mol. The quantitative estimate of drug-likeness (QED) is 0.661. The highest BCUT2D eigenvalue weighted by Gasteiger charge is 2.03. The summed E-state index contributed by atoms with van der Waals surface area (Å²) in [4.78, 5) is 4.41. The lowest BCUT2D eigenvalue weighted by molar-refractivity contribution is 0.00819. The van der Waals surface area contributed by atoms with E-state index in [1.54, 1.807) is 0 Å². The molecule has 0 amide bonds. The summed E-state index contributed by atoms with van der Waals surface area (Å²) in [7, 11) is 2.08. The van der Waals surface area contributed by atoms with Crippen molar-refractivity contribution in [2.24, 2.45) is 0 Å². The van der Waals surface area contributed by atoms with Gasteiger partial charge < -0.3 is 9.80 Å². The van der Waals surface area contributed by atoms with Crippen LogP contribution in [0.3, 0.4) is 0 Å². The van der Waals surface area contributed by atoms with Gasteiger partial charge in [-0.1, -0.05) is 0 Å². The van der Waals surface area contributed by atoms with E-state index in [9.17, 15) is 13.2 Å². The maximum atomic E-state index is 9.67. The Bertz CT molecular complexity index is 141. The number of hydrogen-bond donors (Lipinski definition) is 0. The predicted octanol–water partition coefficient (Wildman–Crippen LogP) is 1.97. The van der Waals surface area contributed by atoms with Gasteiger partial charge in [0.2, 0.25) is 0 Å². The Morgan fingerprint density at radius 2 is 1.77 bits per heavy atom. The van der Waals surface area contributed by atoms with E-state index in [4.69, 9.17) is 0 Å². The van der Waals surface area contributed by atoms with Crippen molar-refractivity contribution >= 4 is 13.5 Å². The molecule has 0 radical (unpaired) electrons. The molecule has 0 saturated carbocycles. The molecule has 1 rings (SSSR count). The van der Waals surface area contributed by atoms with E-state index in [2.05, 4.69) is 36.2 Å². The molecule has 2 nitrogen and oxygen atoms in total. The Hall–Kier alpha value is -0.520. The number of nitrogens with zero attached hydrogens (tertiary/aromatic N) is 2. The van der Waals surface area contributed by atoms with Gasteiger partial charge in [0.05, 0.1) is 6.67 Å². The molecule has 1 aliphatic heterocycles. The van der Waals surface area contributed by atoms with E-state index in [0.717, 1.165) is 13.2 Å². The smallest absolute Gasteiger partial charge is 0.362 e. The van der Waals surface area contributed by atoms with Gasteiger partial charge in [-0.05, 0) is 6.92 Å². The number of hydrogen-bond acceptors (Lipinski definition) is 2. The molecule has 0 fully saturated rings. The minimum absolute atomic E-state index is 0. The lowest BCUT2D eigenvalue weighted by Gasteiger charge is -2.14. The standard InChI is InChI=1S/C6H12N2.CHF3.H2S/c1-3-8-5-4-7(2)6-8;2-1(3)4;/h4-5H,3,6H2,1-2H3;1H;1H2. The lowest BCUT2D eigenvalue weighted by Crippen LogP contribution is -2.21. The lowest BCUT2D eigenvalue weighted by atomic mass is 10.6. The summed E-state index contributed by atoms with van der Waals surface area (Å²) in [6.07, 6.45) is 4.20. The minimum atomic E-state index is -3.67. The maximum absolute atomic E-state index is 9.67. The van der Waals surface area contributed by atoms with Crippen LogP contribution in [-0.2, 0) is 0 Å². The van der Waals surface area contributed by atoms with Gasteiger partial charge in [-0.25, -0.2) is 0 Å². The van der Waals surface area contributed by atoms with Crippen LogP contribution in [0.5, 0.6) is 0 Å². The fraction of sp³-hybridized carbons (Fsp3) is 0.714. The molecule has 1 heterocycles. The monoisotopic (exact) mass is 216 g/mol. The molecule has 6 heteroatoms. The van der Waals surface area contributed by atoms with Crippen molar-refractivity contribution in [3.8, 4) is 0 Å². The zero-order chi connectivity index (χ0) is 9.56. The van der Waals surface area contributed by atoms with Crippen molar-refractivity contribution in [3.63, 3.8) is 0 Å². The third-order valence-corrected chi connectivity index (χ3v) is 1.34. The molecule has 0 saturated heterocycles. The summed E-state index contributed by atoms with van der Waals surface area (Å²) in [5.41, 5.74) is 0. The molecule has 0 aromatic rings. The average Bonchev–Trinajstić information content (AvgIpc) is 2.34. The second-order valence-electron chi connectivity index (χ2n) is 2.35. The first-order valence-electron chi connectivity index (χ1n) is 3.61. The summed E-state index contributed by atoms with van der Waals surface area (Å²) >= 11 is 0. The van der Waals surface area contributed by atoms with Crippen LogP contribution < -0.4 is 0 Å². The minimum Gasteiger partial charge on any atom is -0.362 e. The fourth-order valence-electron chi connectivity index (χ4n) is 0.794. The normalized spacial score (nSPS) is 14.0. The molecule has 0 bridgehead atoms. The Balaban J connectivity index is 0. The van der Waals surface area contributed by atoms with Gasteiger partial charge in [0.15, 0.2) is 0 Å². The van der Waals surface area contributed by atoms with Gasteiger partial charge >= 0.3 is 6.68 Å². The van der Waals surface area contributed by atoms with Crippen LogP contribution in [-0.4, -0.2) is 36.7 Å². The van der Waals surface area contributed by atoms with E-state index in [-0.39, 0.29) is 13.5 Å².